The number of rotatable bonds is 3. The molecule has 3 aromatic carbocycles. The van der Waals surface area contributed by atoms with Gasteiger partial charge in [0.05, 0.1) is 23.1 Å². The Hall–Kier alpha value is -3.98. The Kier molecular flexibility index (Phi) is 5.98. The quantitative estimate of drug-likeness (QED) is 0.521. The molecule has 0 radical (unpaired) electrons. The summed E-state index contributed by atoms with van der Waals surface area (Å²) in [6.07, 6.45) is 0. The second kappa shape index (κ2) is 8.66. The van der Waals surface area contributed by atoms with Gasteiger partial charge in [-0.25, -0.2) is 4.39 Å². The fourth-order valence-electron chi connectivity index (χ4n) is 4.69. The zero-order valence-corrected chi connectivity index (χ0v) is 20.6. The smallest absolute Gasteiger partial charge is 0.239 e. The zero-order valence-electron chi connectivity index (χ0n) is 20.6. The molecule has 4 rings (SSSR count). The molecular formula is C29H29FN4O. The van der Waals surface area contributed by atoms with Gasteiger partial charge < -0.3 is 5.32 Å². The van der Waals surface area contributed by atoms with Crippen molar-refractivity contribution in [2.75, 3.05) is 7.05 Å². The number of hydrogen-bond acceptors (Lipinski definition) is 3. The Morgan fingerprint density at radius 3 is 2.37 bits per heavy atom. The van der Waals surface area contributed by atoms with E-state index in [0.717, 1.165) is 16.7 Å². The van der Waals surface area contributed by atoms with E-state index < -0.39 is 17.3 Å². The van der Waals surface area contributed by atoms with E-state index in [-0.39, 0.29) is 22.8 Å². The lowest BCUT2D eigenvalue weighted by molar-refractivity contribution is -0.131. The summed E-state index contributed by atoms with van der Waals surface area (Å²) in [5, 5.41) is 20.9. The Morgan fingerprint density at radius 1 is 1.06 bits per heavy atom. The van der Waals surface area contributed by atoms with Gasteiger partial charge in [-0.2, -0.15) is 5.26 Å². The number of nitrogens with one attached hydrogen (secondary N) is 2. The zero-order chi connectivity index (χ0) is 25.5. The molecule has 178 valence electrons. The summed E-state index contributed by atoms with van der Waals surface area (Å²) in [4.78, 5) is 14.9. The number of nitriles is 1. The number of carbonyl (C=O) groups excluding carboxylic acids is 1. The first kappa shape index (κ1) is 24.2. The maximum atomic E-state index is 14.1. The lowest BCUT2D eigenvalue weighted by Crippen LogP contribution is -2.62. The van der Waals surface area contributed by atoms with Gasteiger partial charge in [0, 0.05) is 7.05 Å². The van der Waals surface area contributed by atoms with Crippen LogP contribution in [0.5, 0.6) is 0 Å². The first-order valence-electron chi connectivity index (χ1n) is 11.5. The summed E-state index contributed by atoms with van der Waals surface area (Å²) >= 11 is 0. The fraction of sp³-hybridized carbons (Fsp3) is 0.276. The van der Waals surface area contributed by atoms with Gasteiger partial charge in [0.1, 0.15) is 5.82 Å². The van der Waals surface area contributed by atoms with E-state index in [1.165, 1.54) is 22.6 Å². The number of carbonyl (C=O) groups is 1. The average molecular weight is 469 g/mol. The third-order valence-corrected chi connectivity index (χ3v) is 6.80. The average Bonchev–Trinajstić information content (AvgIpc) is 2.82. The molecule has 0 spiro atoms. The van der Waals surface area contributed by atoms with Crippen molar-refractivity contribution in [3.63, 3.8) is 0 Å². The number of halogens is 1. The van der Waals surface area contributed by atoms with Crippen molar-refractivity contribution in [2.45, 2.75) is 44.6 Å². The summed E-state index contributed by atoms with van der Waals surface area (Å²) < 4.78 is 14.1. The van der Waals surface area contributed by atoms with Gasteiger partial charge in [0.15, 0.2) is 5.96 Å². The highest BCUT2D eigenvalue weighted by Gasteiger charge is 2.48. The van der Waals surface area contributed by atoms with Crippen LogP contribution in [0, 0.1) is 22.6 Å². The van der Waals surface area contributed by atoms with E-state index in [1.54, 1.807) is 13.1 Å². The molecule has 0 saturated carbocycles. The monoisotopic (exact) mass is 468 g/mol. The molecule has 2 N–H and O–H groups in total. The maximum Gasteiger partial charge on any atom is 0.239 e. The minimum absolute atomic E-state index is 0.0167. The number of guanidine groups is 1. The van der Waals surface area contributed by atoms with Gasteiger partial charge in [-0.3, -0.25) is 15.1 Å². The number of benzene rings is 3. The topological polar surface area (TPSA) is 80.0 Å². The lowest BCUT2D eigenvalue weighted by Gasteiger charge is -2.46. The van der Waals surface area contributed by atoms with Crippen molar-refractivity contribution in [1.82, 2.24) is 10.2 Å². The number of hydrogen-bond donors (Lipinski definition) is 2. The molecule has 6 heteroatoms. The van der Waals surface area contributed by atoms with E-state index in [9.17, 15) is 14.4 Å². The molecule has 1 aliphatic heterocycles. The predicted octanol–water partition coefficient (Wildman–Crippen LogP) is 5.66. The van der Waals surface area contributed by atoms with Crippen LogP contribution in [0.2, 0.25) is 0 Å². The standard InChI is InChI=1S/C29H29FN4O/c1-28(2,3)22-11-9-19(10-12-22)25-26(35)34(5)27(32)33-29(25,4)23-8-6-7-20(15-23)21-13-18(17-31)14-24(30)16-21/h6-16,25H,1-5H3,(H2,32,33)/t25-,29+/m0/s1. The Morgan fingerprint density at radius 2 is 1.74 bits per heavy atom. The Balaban J connectivity index is 1.84. The summed E-state index contributed by atoms with van der Waals surface area (Å²) in [6, 6.07) is 21.8. The van der Waals surface area contributed by atoms with Crippen LogP contribution in [-0.2, 0) is 15.7 Å². The molecular weight excluding hydrogens is 439 g/mol. The van der Waals surface area contributed by atoms with Crippen LogP contribution in [0.3, 0.4) is 0 Å². The highest BCUT2D eigenvalue weighted by molar-refractivity contribution is 6.02. The van der Waals surface area contributed by atoms with Gasteiger partial charge in [0.25, 0.3) is 0 Å². The minimum atomic E-state index is -0.925. The maximum absolute atomic E-state index is 14.1. The van der Waals surface area contributed by atoms with E-state index in [4.69, 9.17) is 5.41 Å². The highest BCUT2D eigenvalue weighted by Crippen LogP contribution is 2.42. The minimum Gasteiger partial charge on any atom is -0.346 e. The van der Waals surface area contributed by atoms with Crippen molar-refractivity contribution in [1.29, 1.82) is 10.7 Å². The largest absolute Gasteiger partial charge is 0.346 e. The second-order valence-corrected chi connectivity index (χ2v) is 10.3. The van der Waals surface area contributed by atoms with Crippen LogP contribution in [0.4, 0.5) is 4.39 Å². The molecule has 3 aromatic rings. The molecule has 35 heavy (non-hydrogen) atoms. The summed E-state index contributed by atoms with van der Waals surface area (Å²) in [6.45, 7) is 8.35. The molecule has 1 amide bonds. The highest BCUT2D eigenvalue weighted by atomic mass is 19.1. The van der Waals surface area contributed by atoms with Crippen LogP contribution >= 0.6 is 0 Å². The summed E-state index contributed by atoms with van der Waals surface area (Å²) in [7, 11) is 1.60. The van der Waals surface area contributed by atoms with Crippen LogP contribution in [0.25, 0.3) is 11.1 Å². The van der Waals surface area contributed by atoms with Gasteiger partial charge in [-0.1, -0.05) is 63.2 Å². The molecule has 1 fully saturated rings. The van der Waals surface area contributed by atoms with Crippen molar-refractivity contribution < 1.29 is 9.18 Å². The van der Waals surface area contributed by atoms with Crippen LogP contribution in [0.1, 0.15) is 55.9 Å². The van der Waals surface area contributed by atoms with Crippen LogP contribution in [0.15, 0.2) is 66.7 Å². The van der Waals surface area contributed by atoms with Crippen molar-refractivity contribution in [2.24, 2.45) is 0 Å². The van der Waals surface area contributed by atoms with Crippen molar-refractivity contribution in [3.8, 4) is 17.2 Å². The number of amides is 1. The third kappa shape index (κ3) is 4.42. The van der Waals surface area contributed by atoms with Gasteiger partial charge in [-0.15, -0.1) is 0 Å². The molecule has 0 unspecified atom stereocenters. The van der Waals surface area contributed by atoms with E-state index >= 15 is 0 Å². The first-order valence-corrected chi connectivity index (χ1v) is 11.5. The van der Waals surface area contributed by atoms with E-state index in [2.05, 4.69) is 38.2 Å². The lowest BCUT2D eigenvalue weighted by atomic mass is 9.72. The third-order valence-electron chi connectivity index (χ3n) is 6.80. The van der Waals surface area contributed by atoms with E-state index in [0.29, 0.717) is 5.56 Å². The number of likely N-dealkylation sites (N-methyl/N-ethyl adjacent to an activating group) is 1. The molecule has 1 aliphatic rings. The van der Waals surface area contributed by atoms with Crippen molar-refractivity contribution >= 4 is 11.9 Å². The normalized spacial score (nSPS) is 20.4. The summed E-state index contributed by atoms with van der Waals surface area (Å²) in [5.74, 6) is -1.24. The predicted molar refractivity (Wildman–Crippen MR) is 135 cm³/mol. The van der Waals surface area contributed by atoms with Gasteiger partial charge in [0.2, 0.25) is 5.91 Å². The second-order valence-electron chi connectivity index (χ2n) is 10.3. The molecule has 1 saturated heterocycles. The molecule has 5 nitrogen and oxygen atoms in total. The number of nitrogens with zero attached hydrogens (tertiary/aromatic N) is 2. The SMILES string of the molecule is CN1C(=N)N[C@](C)(c2cccc(-c3cc(F)cc(C#N)c3)c2)[C@@H](c2ccc(C(C)(C)C)cc2)C1=O. The molecule has 2 atom stereocenters. The van der Waals surface area contributed by atoms with Crippen LogP contribution < -0.4 is 5.32 Å². The van der Waals surface area contributed by atoms with Gasteiger partial charge >= 0.3 is 0 Å². The summed E-state index contributed by atoms with van der Waals surface area (Å²) in [5.41, 5.74) is 3.40. The van der Waals surface area contributed by atoms with E-state index in [1.807, 2.05) is 49.4 Å². The molecule has 0 aromatic heterocycles. The fourth-order valence-corrected chi connectivity index (χ4v) is 4.69. The molecule has 1 heterocycles. The van der Waals surface area contributed by atoms with Crippen molar-refractivity contribution in [3.05, 3.63) is 94.8 Å². The Bertz CT molecular complexity index is 1350. The van der Waals surface area contributed by atoms with Gasteiger partial charge in [-0.05, 0) is 64.4 Å². The Labute approximate surface area is 205 Å². The molecule has 0 bridgehead atoms. The first-order chi connectivity index (χ1) is 16.4. The van der Waals surface area contributed by atoms with Crippen LogP contribution in [-0.4, -0.2) is 23.8 Å². The molecule has 0 aliphatic carbocycles.